The molecular weight excluding hydrogens is 1020 g/mol. The molecule has 0 N–H and O–H groups in total. The molecule has 0 spiro atoms. The van der Waals surface area contributed by atoms with E-state index in [4.69, 9.17) is 14.2 Å². The second kappa shape index (κ2) is 71.1. The van der Waals surface area contributed by atoms with E-state index in [2.05, 4.69) is 106 Å². The van der Waals surface area contributed by atoms with Gasteiger partial charge in [-0.15, -0.1) is 0 Å². The fourth-order valence-electron chi connectivity index (χ4n) is 10.5. The molecule has 480 valence electrons. The van der Waals surface area contributed by atoms with Gasteiger partial charge in [-0.05, 0) is 96.3 Å². The minimum atomic E-state index is -0.771. The van der Waals surface area contributed by atoms with Gasteiger partial charge in [0, 0.05) is 19.3 Å². The lowest BCUT2D eigenvalue weighted by molar-refractivity contribution is -0.167. The van der Waals surface area contributed by atoms with Gasteiger partial charge in [-0.25, -0.2) is 0 Å². The molecule has 0 aromatic heterocycles. The highest BCUT2D eigenvalue weighted by Crippen LogP contribution is 2.18. The van der Waals surface area contributed by atoms with E-state index in [1.807, 2.05) is 0 Å². The third-order valence-corrected chi connectivity index (χ3v) is 15.9. The SMILES string of the molecule is CC/C=C\C/C=C\C/C=C\C/C=C\C/C=C\C/C=C\CCCCCCCCCCCCCCCCCCC(=O)OCC(COC(=O)CCCCCCC)OC(=O)CCCCCCCCCCCCCCC/C=C\CCCCCCCCCC. The molecule has 1 atom stereocenters. The Morgan fingerprint density at radius 2 is 0.470 bits per heavy atom. The Kier molecular flexibility index (Phi) is 68.2. The summed E-state index contributed by atoms with van der Waals surface area (Å²) in [5, 5.41) is 0. The molecule has 83 heavy (non-hydrogen) atoms. The largest absolute Gasteiger partial charge is 0.462 e. The molecule has 0 aromatic rings. The van der Waals surface area contributed by atoms with Crippen LogP contribution in [-0.4, -0.2) is 37.2 Å². The monoisotopic (exact) mass is 1160 g/mol. The van der Waals surface area contributed by atoms with E-state index < -0.39 is 6.10 Å². The molecule has 0 rings (SSSR count). The lowest BCUT2D eigenvalue weighted by Crippen LogP contribution is -2.30. The third kappa shape index (κ3) is 69.3. The van der Waals surface area contributed by atoms with Crippen molar-refractivity contribution in [2.75, 3.05) is 13.2 Å². The molecule has 0 amide bonds. The third-order valence-electron chi connectivity index (χ3n) is 15.9. The summed E-state index contributed by atoms with van der Waals surface area (Å²) in [6.07, 6.45) is 95.3. The number of unbranched alkanes of at least 4 members (excludes halogenated alkanes) is 41. The number of carbonyl (C=O) groups excluding carboxylic acids is 3. The summed E-state index contributed by atoms with van der Waals surface area (Å²) in [6, 6.07) is 0. The van der Waals surface area contributed by atoms with Crippen LogP contribution in [0.25, 0.3) is 0 Å². The maximum absolute atomic E-state index is 12.9. The quantitative estimate of drug-likeness (QED) is 0.0261. The minimum Gasteiger partial charge on any atom is -0.462 e. The van der Waals surface area contributed by atoms with Crippen LogP contribution >= 0.6 is 0 Å². The molecule has 0 saturated carbocycles. The summed E-state index contributed by atoms with van der Waals surface area (Å²) in [5.74, 6) is -0.867. The maximum Gasteiger partial charge on any atom is 0.306 e. The number of hydrogen-bond donors (Lipinski definition) is 0. The summed E-state index contributed by atoms with van der Waals surface area (Å²) >= 11 is 0. The molecule has 0 bridgehead atoms. The van der Waals surface area contributed by atoms with Crippen molar-refractivity contribution in [1.29, 1.82) is 0 Å². The molecule has 6 nitrogen and oxygen atoms in total. The predicted octanol–water partition coefficient (Wildman–Crippen LogP) is 25.0. The molecule has 0 saturated heterocycles. The van der Waals surface area contributed by atoms with Crippen molar-refractivity contribution in [3.8, 4) is 0 Å². The molecule has 0 heterocycles. The van der Waals surface area contributed by atoms with Gasteiger partial charge in [0.2, 0.25) is 0 Å². The zero-order chi connectivity index (χ0) is 59.9. The van der Waals surface area contributed by atoms with Crippen molar-refractivity contribution in [3.63, 3.8) is 0 Å². The van der Waals surface area contributed by atoms with Crippen LogP contribution in [0.15, 0.2) is 85.1 Å². The molecule has 0 aliphatic carbocycles. The lowest BCUT2D eigenvalue weighted by Gasteiger charge is -2.18. The van der Waals surface area contributed by atoms with Gasteiger partial charge in [0.15, 0.2) is 6.10 Å². The van der Waals surface area contributed by atoms with E-state index in [9.17, 15) is 14.4 Å². The molecule has 1 unspecified atom stereocenters. The van der Waals surface area contributed by atoms with Gasteiger partial charge < -0.3 is 14.2 Å². The van der Waals surface area contributed by atoms with E-state index in [0.717, 1.165) is 103 Å². The molecule has 6 heteroatoms. The van der Waals surface area contributed by atoms with Gasteiger partial charge >= 0.3 is 17.9 Å². The summed E-state index contributed by atoms with van der Waals surface area (Å²) < 4.78 is 16.8. The van der Waals surface area contributed by atoms with E-state index in [1.54, 1.807) is 0 Å². The molecular formula is C77H136O6. The lowest BCUT2D eigenvalue weighted by atomic mass is 10.0. The highest BCUT2D eigenvalue weighted by atomic mass is 16.6. The summed E-state index contributed by atoms with van der Waals surface area (Å²) in [5.41, 5.74) is 0. The fourth-order valence-corrected chi connectivity index (χ4v) is 10.5. The van der Waals surface area contributed by atoms with Crippen molar-refractivity contribution in [1.82, 2.24) is 0 Å². The van der Waals surface area contributed by atoms with Crippen LogP contribution in [0.4, 0.5) is 0 Å². The van der Waals surface area contributed by atoms with E-state index in [1.165, 1.54) is 225 Å². The summed E-state index contributed by atoms with van der Waals surface area (Å²) in [6.45, 7) is 6.49. The molecule has 0 fully saturated rings. The minimum absolute atomic E-state index is 0.0717. The second-order valence-electron chi connectivity index (χ2n) is 24.1. The molecule has 0 radical (unpaired) electrons. The van der Waals surface area contributed by atoms with Crippen LogP contribution in [0.2, 0.25) is 0 Å². The van der Waals surface area contributed by atoms with E-state index in [0.29, 0.717) is 19.3 Å². The Bertz CT molecular complexity index is 1570. The van der Waals surface area contributed by atoms with Gasteiger partial charge in [-0.1, -0.05) is 337 Å². The molecule has 0 aliphatic rings. The van der Waals surface area contributed by atoms with Crippen molar-refractivity contribution >= 4 is 17.9 Å². The number of allylic oxidation sites excluding steroid dienone is 14. The Balaban J connectivity index is 3.93. The zero-order valence-electron chi connectivity index (χ0n) is 55.2. The highest BCUT2D eigenvalue weighted by Gasteiger charge is 2.19. The van der Waals surface area contributed by atoms with Crippen molar-refractivity contribution < 1.29 is 28.6 Å². The second-order valence-corrected chi connectivity index (χ2v) is 24.1. The van der Waals surface area contributed by atoms with E-state index in [-0.39, 0.29) is 31.1 Å². The first-order chi connectivity index (χ1) is 41.0. The number of ether oxygens (including phenoxy) is 3. The van der Waals surface area contributed by atoms with Crippen LogP contribution in [0.3, 0.4) is 0 Å². The van der Waals surface area contributed by atoms with Crippen LogP contribution < -0.4 is 0 Å². The van der Waals surface area contributed by atoms with Crippen LogP contribution in [0, 0.1) is 0 Å². The Morgan fingerprint density at radius 1 is 0.253 bits per heavy atom. The fraction of sp³-hybridized carbons (Fsp3) is 0.779. The van der Waals surface area contributed by atoms with Gasteiger partial charge in [0.25, 0.3) is 0 Å². The van der Waals surface area contributed by atoms with Crippen LogP contribution in [0.5, 0.6) is 0 Å². The van der Waals surface area contributed by atoms with Gasteiger partial charge in [-0.2, -0.15) is 0 Å². The number of carbonyl (C=O) groups is 3. The first-order valence-electron chi connectivity index (χ1n) is 36.1. The number of rotatable bonds is 66. The smallest absolute Gasteiger partial charge is 0.306 e. The van der Waals surface area contributed by atoms with Gasteiger partial charge in [0.1, 0.15) is 13.2 Å². The Morgan fingerprint density at radius 3 is 0.747 bits per heavy atom. The first kappa shape index (κ1) is 79.6. The average molecular weight is 1160 g/mol. The Labute approximate surface area is 515 Å². The summed E-state index contributed by atoms with van der Waals surface area (Å²) in [7, 11) is 0. The normalized spacial score (nSPS) is 12.6. The molecule has 0 aromatic carbocycles. The predicted molar refractivity (Wildman–Crippen MR) is 362 cm³/mol. The zero-order valence-corrected chi connectivity index (χ0v) is 55.2. The molecule has 0 aliphatic heterocycles. The first-order valence-corrected chi connectivity index (χ1v) is 36.1. The summed E-state index contributed by atoms with van der Waals surface area (Å²) in [4.78, 5) is 38.0. The van der Waals surface area contributed by atoms with E-state index >= 15 is 0 Å². The van der Waals surface area contributed by atoms with Crippen molar-refractivity contribution in [2.45, 2.75) is 374 Å². The standard InChI is InChI=1S/C77H136O6/c1-4-7-10-13-15-17-19-21-23-25-27-29-31-33-34-35-36-37-38-39-40-41-42-44-45-47-49-51-53-55-57-59-61-64-67-70-76(79)82-73-74(72-81-75(78)69-66-63-12-9-6-3)83-77(80)71-68-65-62-60-58-56-54-52-50-48-46-43-32-30-28-26-24-22-20-18-16-14-11-8-5-2/h7,10,15,17,21,23,26-29,33-34,36-37,74H,4-6,8-9,11-14,16,18-20,22,24-25,30-32,35,38-73H2,1-3H3/b10-7-,17-15-,23-21-,28-26-,29-27-,34-33-,37-36-. The highest BCUT2D eigenvalue weighted by molar-refractivity contribution is 5.71. The van der Waals surface area contributed by atoms with Gasteiger partial charge in [0.05, 0.1) is 0 Å². The van der Waals surface area contributed by atoms with Gasteiger partial charge in [-0.3, -0.25) is 14.4 Å². The maximum atomic E-state index is 12.9. The number of hydrogen-bond acceptors (Lipinski definition) is 6. The van der Waals surface area contributed by atoms with Crippen LogP contribution in [-0.2, 0) is 28.6 Å². The Hall–Kier alpha value is -3.41. The average Bonchev–Trinajstić information content (AvgIpc) is 3.49. The topological polar surface area (TPSA) is 78.9 Å². The number of esters is 3. The van der Waals surface area contributed by atoms with Crippen molar-refractivity contribution in [3.05, 3.63) is 85.1 Å². The van der Waals surface area contributed by atoms with Crippen molar-refractivity contribution in [2.24, 2.45) is 0 Å². The van der Waals surface area contributed by atoms with Crippen LogP contribution in [0.1, 0.15) is 367 Å².